The van der Waals surface area contributed by atoms with Crippen LogP contribution in [-0.4, -0.2) is 22.9 Å². The monoisotopic (exact) mass is 311 g/mol. The highest BCUT2D eigenvalue weighted by Gasteiger charge is 2.25. The van der Waals surface area contributed by atoms with Gasteiger partial charge in [-0.3, -0.25) is 14.9 Å². The van der Waals surface area contributed by atoms with Gasteiger partial charge >= 0.3 is 5.97 Å². The number of imide groups is 1. The Morgan fingerprint density at radius 3 is 2.27 bits per heavy atom. The van der Waals surface area contributed by atoms with Gasteiger partial charge in [0.25, 0.3) is 0 Å². The average Bonchev–Trinajstić information content (AvgIpc) is 2.45. The first kappa shape index (κ1) is 20.3. The van der Waals surface area contributed by atoms with E-state index in [0.29, 0.717) is 6.42 Å². The molecule has 1 atom stereocenters. The van der Waals surface area contributed by atoms with E-state index < -0.39 is 5.97 Å². The maximum absolute atomic E-state index is 11.4. The molecule has 0 spiro atoms. The Hall–Kier alpha value is -1.65. The summed E-state index contributed by atoms with van der Waals surface area (Å²) in [6.45, 7) is 6.81. The molecule has 1 aliphatic rings. The van der Waals surface area contributed by atoms with Gasteiger partial charge in [0, 0.05) is 17.9 Å². The summed E-state index contributed by atoms with van der Waals surface area (Å²) >= 11 is 0. The third-order valence-electron chi connectivity index (χ3n) is 3.62. The zero-order chi connectivity index (χ0) is 17.0. The van der Waals surface area contributed by atoms with Crippen molar-refractivity contribution < 1.29 is 19.5 Å². The molecular weight excluding hydrogens is 282 g/mol. The first-order valence-electron chi connectivity index (χ1n) is 8.11. The molecule has 1 saturated heterocycles. The van der Waals surface area contributed by atoms with Crippen LogP contribution in [0.3, 0.4) is 0 Å². The second-order valence-electron chi connectivity index (χ2n) is 5.79. The van der Waals surface area contributed by atoms with Crippen molar-refractivity contribution in [3.63, 3.8) is 0 Å². The van der Waals surface area contributed by atoms with Crippen molar-refractivity contribution >= 4 is 17.8 Å². The number of aliphatic carboxylic acids is 1. The molecular formula is C17H29NO4. The zero-order valence-corrected chi connectivity index (χ0v) is 13.8. The third kappa shape index (κ3) is 10.1. The molecule has 2 amide bonds. The number of carbonyl (C=O) groups is 3. The fraction of sp³-hybridized carbons (Fsp3) is 0.706. The number of unbranched alkanes of at least 4 members (excludes halogenated alkanes) is 5. The Labute approximate surface area is 133 Å². The minimum Gasteiger partial charge on any atom is -0.478 e. The maximum atomic E-state index is 11.4. The predicted octanol–water partition coefficient (Wildman–Crippen LogP) is 3.44. The standard InChI is InChI=1S/C13H23NO2.C4H6O2/c1-2-3-4-5-6-7-8-11-9-10-12(15)14-13(11)16;1-3(2)4(5)6/h11H,2-10H2,1H3,(H,14,15,16);1H2,2H3,(H,5,6). The van der Waals surface area contributed by atoms with E-state index in [0.717, 1.165) is 19.3 Å². The number of carbonyl (C=O) groups excluding carboxylic acids is 2. The van der Waals surface area contributed by atoms with Crippen LogP contribution in [0.25, 0.3) is 0 Å². The topological polar surface area (TPSA) is 83.5 Å². The molecule has 5 nitrogen and oxygen atoms in total. The SMILES string of the molecule is C=C(C)C(=O)O.CCCCCCCCC1CCC(=O)NC1=O. The number of hydrogen-bond donors (Lipinski definition) is 2. The lowest BCUT2D eigenvalue weighted by Gasteiger charge is -2.20. The van der Waals surface area contributed by atoms with Crippen LogP contribution in [0.2, 0.25) is 0 Å². The van der Waals surface area contributed by atoms with Gasteiger partial charge in [0.05, 0.1) is 0 Å². The fourth-order valence-corrected chi connectivity index (χ4v) is 2.18. The Kier molecular flexibility index (Phi) is 11.1. The summed E-state index contributed by atoms with van der Waals surface area (Å²) < 4.78 is 0. The summed E-state index contributed by atoms with van der Waals surface area (Å²) in [6.07, 6.45) is 9.74. The first-order chi connectivity index (χ1) is 10.4. The quantitative estimate of drug-likeness (QED) is 0.408. The van der Waals surface area contributed by atoms with Crippen molar-refractivity contribution in [3.8, 4) is 0 Å². The van der Waals surface area contributed by atoms with Crippen molar-refractivity contribution in [3.05, 3.63) is 12.2 Å². The molecule has 0 aromatic rings. The van der Waals surface area contributed by atoms with Crippen LogP contribution in [0.1, 0.15) is 71.6 Å². The van der Waals surface area contributed by atoms with Crippen LogP contribution < -0.4 is 5.32 Å². The normalized spacial score (nSPS) is 17.3. The molecule has 5 heteroatoms. The van der Waals surface area contributed by atoms with E-state index in [1.54, 1.807) is 0 Å². The first-order valence-corrected chi connectivity index (χ1v) is 8.11. The second-order valence-corrected chi connectivity index (χ2v) is 5.79. The van der Waals surface area contributed by atoms with Gasteiger partial charge in [0.1, 0.15) is 0 Å². The van der Waals surface area contributed by atoms with E-state index in [4.69, 9.17) is 5.11 Å². The van der Waals surface area contributed by atoms with E-state index in [2.05, 4.69) is 18.8 Å². The van der Waals surface area contributed by atoms with Gasteiger partial charge in [-0.25, -0.2) is 4.79 Å². The zero-order valence-electron chi connectivity index (χ0n) is 13.8. The number of carboxylic acid groups (broad SMARTS) is 1. The average molecular weight is 311 g/mol. The lowest BCUT2D eigenvalue weighted by molar-refractivity contribution is -0.136. The molecule has 0 aromatic heterocycles. The van der Waals surface area contributed by atoms with E-state index in [9.17, 15) is 14.4 Å². The molecule has 2 N–H and O–H groups in total. The minimum atomic E-state index is -0.935. The van der Waals surface area contributed by atoms with Gasteiger partial charge in [-0.05, 0) is 19.8 Å². The van der Waals surface area contributed by atoms with Crippen molar-refractivity contribution in [2.75, 3.05) is 0 Å². The number of nitrogens with one attached hydrogen (secondary N) is 1. The lowest BCUT2D eigenvalue weighted by Crippen LogP contribution is -2.40. The summed E-state index contributed by atoms with van der Waals surface area (Å²) in [6, 6.07) is 0. The molecule has 0 bridgehead atoms. The highest BCUT2D eigenvalue weighted by molar-refractivity contribution is 5.98. The number of amides is 2. The summed E-state index contributed by atoms with van der Waals surface area (Å²) in [7, 11) is 0. The van der Waals surface area contributed by atoms with Crippen LogP contribution >= 0.6 is 0 Å². The molecule has 1 unspecified atom stereocenters. The molecule has 0 saturated carbocycles. The van der Waals surface area contributed by atoms with Crippen LogP contribution in [0.15, 0.2) is 12.2 Å². The van der Waals surface area contributed by atoms with E-state index >= 15 is 0 Å². The summed E-state index contributed by atoms with van der Waals surface area (Å²) in [4.78, 5) is 32.0. The predicted molar refractivity (Wildman–Crippen MR) is 86.3 cm³/mol. The van der Waals surface area contributed by atoms with Gasteiger partial charge in [0.2, 0.25) is 11.8 Å². The van der Waals surface area contributed by atoms with Crippen molar-refractivity contribution in [2.24, 2.45) is 5.92 Å². The molecule has 0 aliphatic carbocycles. The number of rotatable bonds is 8. The molecule has 1 aliphatic heterocycles. The Morgan fingerprint density at radius 2 is 1.77 bits per heavy atom. The molecule has 0 radical (unpaired) electrons. The van der Waals surface area contributed by atoms with Gasteiger partial charge in [0.15, 0.2) is 0 Å². The Balaban J connectivity index is 0.000000626. The molecule has 22 heavy (non-hydrogen) atoms. The lowest BCUT2D eigenvalue weighted by atomic mass is 9.92. The number of carboxylic acids is 1. The number of hydrogen-bond acceptors (Lipinski definition) is 3. The van der Waals surface area contributed by atoms with Crippen LogP contribution in [-0.2, 0) is 14.4 Å². The highest BCUT2D eigenvalue weighted by Crippen LogP contribution is 2.19. The van der Waals surface area contributed by atoms with Gasteiger partial charge < -0.3 is 5.11 Å². The van der Waals surface area contributed by atoms with Crippen molar-refractivity contribution in [1.29, 1.82) is 0 Å². The Morgan fingerprint density at radius 1 is 1.23 bits per heavy atom. The number of piperidine rings is 1. The molecule has 126 valence electrons. The minimum absolute atomic E-state index is 0.0511. The van der Waals surface area contributed by atoms with E-state index in [-0.39, 0.29) is 23.3 Å². The summed E-state index contributed by atoms with van der Waals surface area (Å²) in [5, 5.41) is 10.3. The van der Waals surface area contributed by atoms with Crippen LogP contribution in [0, 0.1) is 5.92 Å². The van der Waals surface area contributed by atoms with Crippen LogP contribution in [0.5, 0.6) is 0 Å². The third-order valence-corrected chi connectivity index (χ3v) is 3.62. The van der Waals surface area contributed by atoms with E-state index in [1.165, 1.54) is 39.0 Å². The molecule has 1 rings (SSSR count). The van der Waals surface area contributed by atoms with Gasteiger partial charge in [-0.15, -0.1) is 0 Å². The second kappa shape index (κ2) is 12.0. The fourth-order valence-electron chi connectivity index (χ4n) is 2.18. The van der Waals surface area contributed by atoms with Gasteiger partial charge in [-0.1, -0.05) is 52.0 Å². The van der Waals surface area contributed by atoms with Gasteiger partial charge in [-0.2, -0.15) is 0 Å². The molecule has 1 fully saturated rings. The van der Waals surface area contributed by atoms with Crippen molar-refractivity contribution in [1.82, 2.24) is 5.32 Å². The highest BCUT2D eigenvalue weighted by atomic mass is 16.4. The Bertz CT molecular complexity index is 378. The smallest absolute Gasteiger partial charge is 0.330 e. The van der Waals surface area contributed by atoms with E-state index in [1.807, 2.05) is 0 Å². The summed E-state index contributed by atoms with van der Waals surface area (Å²) in [5.41, 5.74) is 0.176. The van der Waals surface area contributed by atoms with Crippen LogP contribution in [0.4, 0.5) is 0 Å². The maximum Gasteiger partial charge on any atom is 0.330 e. The molecule has 1 heterocycles. The summed E-state index contributed by atoms with van der Waals surface area (Å²) in [5.74, 6) is -1.01. The van der Waals surface area contributed by atoms with Crippen molar-refractivity contribution in [2.45, 2.75) is 71.6 Å². The largest absolute Gasteiger partial charge is 0.478 e. The molecule has 0 aromatic carbocycles.